The van der Waals surface area contributed by atoms with Crippen LogP contribution >= 0.6 is 0 Å². The summed E-state index contributed by atoms with van der Waals surface area (Å²) >= 11 is 0. The molecule has 122 valence electrons. The van der Waals surface area contributed by atoms with Gasteiger partial charge in [0, 0.05) is 31.1 Å². The Morgan fingerprint density at radius 1 is 1.39 bits per heavy atom. The van der Waals surface area contributed by atoms with Crippen LogP contribution in [0.25, 0.3) is 0 Å². The molecule has 1 aromatic rings. The van der Waals surface area contributed by atoms with Crippen molar-refractivity contribution in [1.82, 2.24) is 5.32 Å². The van der Waals surface area contributed by atoms with Gasteiger partial charge in [0.25, 0.3) is 5.91 Å². The molecule has 1 saturated carbocycles. The lowest BCUT2D eigenvalue weighted by molar-refractivity contribution is -0.130. The lowest BCUT2D eigenvalue weighted by Crippen LogP contribution is -2.49. The van der Waals surface area contributed by atoms with E-state index in [0.717, 1.165) is 18.4 Å². The fourth-order valence-electron chi connectivity index (χ4n) is 3.80. The fraction of sp³-hybridized carbons (Fsp3) is 0.529. The number of hydrogen-bond donors (Lipinski definition) is 2. The molecule has 2 aliphatic heterocycles. The molecule has 6 heteroatoms. The number of piperidine rings is 1. The molecule has 2 saturated heterocycles. The molecular weight excluding hydrogens is 299 g/mol. The number of fused-ring (bicyclic) bond motifs is 1. The molecule has 2 heterocycles. The van der Waals surface area contributed by atoms with Gasteiger partial charge >= 0.3 is 5.97 Å². The van der Waals surface area contributed by atoms with Crippen LogP contribution in [-0.2, 0) is 4.79 Å². The van der Waals surface area contributed by atoms with E-state index in [9.17, 15) is 14.7 Å². The Kier molecular flexibility index (Phi) is 3.20. The van der Waals surface area contributed by atoms with Crippen LogP contribution in [-0.4, -0.2) is 42.3 Å². The Balaban J connectivity index is 1.70. The normalized spacial score (nSPS) is 30.4. The first-order chi connectivity index (χ1) is 11.0. The fourth-order valence-corrected chi connectivity index (χ4v) is 3.80. The van der Waals surface area contributed by atoms with E-state index in [4.69, 9.17) is 0 Å². The highest BCUT2D eigenvalue weighted by Gasteiger charge is 2.56. The minimum atomic E-state index is -1.78. The van der Waals surface area contributed by atoms with E-state index >= 15 is 4.39 Å². The number of rotatable bonds is 3. The zero-order valence-corrected chi connectivity index (χ0v) is 12.7. The molecule has 2 atom stereocenters. The Morgan fingerprint density at radius 3 is 2.83 bits per heavy atom. The maximum absolute atomic E-state index is 15.0. The molecule has 3 aliphatic rings. The zero-order chi connectivity index (χ0) is 16.2. The highest BCUT2D eigenvalue weighted by molar-refractivity contribution is 6.03. The van der Waals surface area contributed by atoms with Crippen LogP contribution in [0.2, 0.25) is 0 Å². The molecule has 1 amide bonds. The molecule has 0 spiro atoms. The first-order valence-corrected chi connectivity index (χ1v) is 8.09. The first-order valence-electron chi connectivity index (χ1n) is 8.09. The minimum absolute atomic E-state index is 0.204. The SMILES string of the molecule is O=C(O)c1ccc(N2CC3CNCCC3(F)C2=O)cc1C1CC1. The van der Waals surface area contributed by atoms with Crippen molar-refractivity contribution < 1.29 is 19.1 Å². The van der Waals surface area contributed by atoms with Gasteiger partial charge in [-0.2, -0.15) is 0 Å². The third kappa shape index (κ3) is 2.24. The molecule has 2 unspecified atom stereocenters. The molecule has 4 rings (SSSR count). The summed E-state index contributed by atoms with van der Waals surface area (Å²) < 4.78 is 15.0. The van der Waals surface area contributed by atoms with Gasteiger partial charge in [0.2, 0.25) is 0 Å². The first kappa shape index (κ1) is 14.6. The average molecular weight is 318 g/mol. The number of alkyl halides is 1. The number of amides is 1. The predicted octanol–water partition coefficient (Wildman–Crippen LogP) is 1.93. The van der Waals surface area contributed by atoms with Crippen molar-refractivity contribution in [2.45, 2.75) is 30.8 Å². The summed E-state index contributed by atoms with van der Waals surface area (Å²) in [5.41, 5.74) is -0.106. The monoisotopic (exact) mass is 318 g/mol. The molecule has 0 radical (unpaired) electrons. The number of halogens is 1. The van der Waals surface area contributed by atoms with E-state index in [2.05, 4.69) is 5.32 Å². The second-order valence-corrected chi connectivity index (χ2v) is 6.78. The number of nitrogens with zero attached hydrogens (tertiary/aromatic N) is 1. The van der Waals surface area contributed by atoms with E-state index < -0.39 is 17.5 Å². The molecule has 1 aliphatic carbocycles. The summed E-state index contributed by atoms with van der Waals surface area (Å²) in [5.74, 6) is -1.52. The Hall–Kier alpha value is -1.95. The molecule has 1 aromatic carbocycles. The van der Waals surface area contributed by atoms with Crippen molar-refractivity contribution in [3.63, 3.8) is 0 Å². The van der Waals surface area contributed by atoms with Gasteiger partial charge in [0.1, 0.15) is 0 Å². The van der Waals surface area contributed by atoms with Crippen molar-refractivity contribution >= 4 is 17.6 Å². The third-order valence-corrected chi connectivity index (χ3v) is 5.30. The molecule has 3 fully saturated rings. The van der Waals surface area contributed by atoms with E-state index in [1.165, 1.54) is 4.90 Å². The smallest absolute Gasteiger partial charge is 0.335 e. The van der Waals surface area contributed by atoms with E-state index in [1.807, 2.05) is 0 Å². The van der Waals surface area contributed by atoms with Crippen LogP contribution in [0.4, 0.5) is 10.1 Å². The Bertz CT molecular complexity index is 688. The topological polar surface area (TPSA) is 69.6 Å². The number of benzene rings is 1. The van der Waals surface area contributed by atoms with E-state index in [-0.39, 0.29) is 23.8 Å². The highest BCUT2D eigenvalue weighted by Crippen LogP contribution is 2.45. The molecule has 5 nitrogen and oxygen atoms in total. The van der Waals surface area contributed by atoms with Crippen LogP contribution in [0.3, 0.4) is 0 Å². The largest absolute Gasteiger partial charge is 0.478 e. The van der Waals surface area contributed by atoms with Gasteiger partial charge in [0.15, 0.2) is 5.67 Å². The van der Waals surface area contributed by atoms with Crippen molar-refractivity contribution in [1.29, 1.82) is 0 Å². The summed E-state index contributed by atoms with van der Waals surface area (Å²) in [5, 5.41) is 12.5. The number of nitrogens with one attached hydrogen (secondary N) is 1. The number of carboxylic acid groups (broad SMARTS) is 1. The van der Waals surface area contributed by atoms with Gasteiger partial charge in [-0.05, 0) is 49.1 Å². The standard InChI is InChI=1S/C17H19FN2O3/c18-17-5-6-19-8-11(17)9-20(16(17)23)12-3-4-13(15(21)22)14(7-12)10-1-2-10/h3-4,7,10-11,19H,1-2,5-6,8-9H2,(H,21,22). The number of anilines is 1. The van der Waals surface area contributed by atoms with Crippen LogP contribution in [0.5, 0.6) is 0 Å². The van der Waals surface area contributed by atoms with Gasteiger partial charge in [0.05, 0.1) is 5.56 Å². The van der Waals surface area contributed by atoms with Gasteiger partial charge in [-0.3, -0.25) is 4.79 Å². The second kappa shape index (κ2) is 5.03. The van der Waals surface area contributed by atoms with Crippen molar-refractivity contribution in [3.05, 3.63) is 29.3 Å². The third-order valence-electron chi connectivity index (χ3n) is 5.30. The number of aromatic carboxylic acids is 1. The summed E-state index contributed by atoms with van der Waals surface area (Å²) in [6.07, 6.45) is 2.14. The van der Waals surface area contributed by atoms with E-state index in [0.29, 0.717) is 25.3 Å². The molecule has 0 bridgehead atoms. The number of carbonyl (C=O) groups excluding carboxylic acids is 1. The van der Waals surface area contributed by atoms with Crippen LogP contribution in [0, 0.1) is 5.92 Å². The van der Waals surface area contributed by atoms with Gasteiger partial charge < -0.3 is 15.3 Å². The van der Waals surface area contributed by atoms with Crippen molar-refractivity contribution in [2.24, 2.45) is 5.92 Å². The Labute approximate surface area is 133 Å². The Morgan fingerprint density at radius 2 is 2.17 bits per heavy atom. The molecule has 0 aromatic heterocycles. The van der Waals surface area contributed by atoms with Crippen LogP contribution < -0.4 is 10.2 Å². The maximum atomic E-state index is 15.0. The summed E-state index contributed by atoms with van der Waals surface area (Å²) in [6, 6.07) is 4.94. The lowest BCUT2D eigenvalue weighted by atomic mass is 9.86. The summed E-state index contributed by atoms with van der Waals surface area (Å²) in [7, 11) is 0. The lowest BCUT2D eigenvalue weighted by Gasteiger charge is -2.29. The minimum Gasteiger partial charge on any atom is -0.478 e. The predicted molar refractivity (Wildman–Crippen MR) is 82.5 cm³/mol. The van der Waals surface area contributed by atoms with Crippen molar-refractivity contribution in [2.75, 3.05) is 24.5 Å². The highest BCUT2D eigenvalue weighted by atomic mass is 19.1. The summed E-state index contributed by atoms with van der Waals surface area (Å²) in [6.45, 7) is 1.36. The second-order valence-electron chi connectivity index (χ2n) is 6.78. The van der Waals surface area contributed by atoms with Crippen LogP contribution in [0.15, 0.2) is 18.2 Å². The number of carbonyl (C=O) groups is 2. The number of carboxylic acids is 1. The van der Waals surface area contributed by atoms with Crippen LogP contribution in [0.1, 0.15) is 41.1 Å². The van der Waals surface area contributed by atoms with Gasteiger partial charge in [-0.1, -0.05) is 0 Å². The van der Waals surface area contributed by atoms with E-state index in [1.54, 1.807) is 18.2 Å². The average Bonchev–Trinajstić information content (AvgIpc) is 3.34. The van der Waals surface area contributed by atoms with Gasteiger partial charge in [-0.25, -0.2) is 9.18 Å². The molecule has 23 heavy (non-hydrogen) atoms. The molecular formula is C17H19FN2O3. The summed E-state index contributed by atoms with van der Waals surface area (Å²) in [4.78, 5) is 25.4. The zero-order valence-electron chi connectivity index (χ0n) is 12.7. The van der Waals surface area contributed by atoms with Gasteiger partial charge in [-0.15, -0.1) is 0 Å². The number of hydrogen-bond acceptors (Lipinski definition) is 3. The molecule has 2 N–H and O–H groups in total. The maximum Gasteiger partial charge on any atom is 0.335 e. The van der Waals surface area contributed by atoms with Crippen molar-refractivity contribution in [3.8, 4) is 0 Å². The quantitative estimate of drug-likeness (QED) is 0.893.